The molecule has 0 aliphatic rings. The Morgan fingerprint density at radius 3 is 2.05 bits per heavy atom. The van der Waals surface area contributed by atoms with E-state index in [4.69, 9.17) is 19.9 Å². The first-order valence-electron chi connectivity index (χ1n) is 21.0. The predicted molar refractivity (Wildman–Crippen MR) is 236 cm³/mol. The van der Waals surface area contributed by atoms with Crippen LogP contribution >= 0.6 is 0 Å². The molecule has 0 atom stereocenters. The molecule has 0 aromatic heterocycles. The zero-order valence-electron chi connectivity index (χ0n) is 38.1. The van der Waals surface area contributed by atoms with Crippen molar-refractivity contribution < 1.29 is 38.2 Å². The molecule has 335 valence electrons. The van der Waals surface area contributed by atoms with Crippen LogP contribution in [0.3, 0.4) is 0 Å². The molecule has 6 N–H and O–H groups in total. The summed E-state index contributed by atoms with van der Waals surface area (Å²) in [5.41, 5.74) is 7.38. The Bertz CT molecular complexity index is 1310. The van der Waals surface area contributed by atoms with Crippen molar-refractivity contribution >= 4 is 51.0 Å². The summed E-state index contributed by atoms with van der Waals surface area (Å²) >= 11 is 0.0601. The first-order chi connectivity index (χ1) is 27.4. The summed E-state index contributed by atoms with van der Waals surface area (Å²) < 4.78 is 17.2. The fraction of sp³-hybridized carbons (Fsp3) is 0.744. The quantitative estimate of drug-likeness (QED) is 0.0557. The van der Waals surface area contributed by atoms with Gasteiger partial charge in [-0.25, -0.2) is 0 Å². The molecule has 14 nitrogen and oxygen atoms in total. The topological polar surface area (TPSA) is 190 Å². The second kappa shape index (κ2) is 33.8. The molecule has 58 heavy (non-hydrogen) atoms. The summed E-state index contributed by atoms with van der Waals surface area (Å²) in [5.74, 6) is -1.43. The molecule has 1 aromatic rings. The van der Waals surface area contributed by atoms with E-state index >= 15 is 0 Å². The van der Waals surface area contributed by atoms with Crippen molar-refractivity contribution in [2.45, 2.75) is 137 Å². The van der Waals surface area contributed by atoms with Gasteiger partial charge in [0.1, 0.15) is 6.61 Å². The Hall–Kier alpha value is -3.03. The molecular weight excluding hydrogens is 803 g/mol. The number of ether oxygens (including phenoxy) is 3. The van der Waals surface area contributed by atoms with Gasteiger partial charge in [-0.1, -0.05) is 47.5 Å². The zero-order chi connectivity index (χ0) is 44.6. The number of anilines is 1. The van der Waals surface area contributed by atoms with Crippen molar-refractivity contribution in [2.75, 3.05) is 71.6 Å². The second-order valence-corrected chi connectivity index (χ2v) is 18.9. The molecule has 1 radical (unpaired) electrons. The summed E-state index contributed by atoms with van der Waals surface area (Å²) in [6.07, 6.45) is 4.87. The first kappa shape index (κ1) is 57.1. The van der Waals surface area contributed by atoms with Crippen molar-refractivity contribution in [1.29, 1.82) is 0 Å². The van der Waals surface area contributed by atoms with E-state index in [0.717, 1.165) is 35.6 Å². The molecule has 0 unspecified atom stereocenters. The van der Waals surface area contributed by atoms with Crippen LogP contribution in [0, 0.1) is 5.41 Å². The number of nitrogens with one attached hydrogen (secondary N) is 4. The number of unbranched alkanes of at least 4 members (excludes halogenated alkanes) is 1. The zero-order valence-corrected chi connectivity index (χ0v) is 39.9. The van der Waals surface area contributed by atoms with Crippen LogP contribution in [-0.2, 0) is 49.9 Å². The summed E-state index contributed by atoms with van der Waals surface area (Å²) in [7, 11) is 1.80. The minimum atomic E-state index is -0.641. The number of carbonyl (C=O) groups excluding carboxylic acids is 5. The fourth-order valence-corrected chi connectivity index (χ4v) is 6.81. The van der Waals surface area contributed by atoms with Crippen molar-refractivity contribution in [3.8, 4) is 0 Å². The Labute approximate surface area is 357 Å². The molecule has 0 aliphatic carbocycles. The van der Waals surface area contributed by atoms with E-state index in [1.807, 2.05) is 66.7 Å². The van der Waals surface area contributed by atoms with Gasteiger partial charge in [0.25, 0.3) is 0 Å². The van der Waals surface area contributed by atoms with E-state index in [9.17, 15) is 24.0 Å². The average molecular weight is 884 g/mol. The third-order valence-corrected chi connectivity index (χ3v) is 10.9. The van der Waals surface area contributed by atoms with E-state index in [0.29, 0.717) is 56.1 Å². The van der Waals surface area contributed by atoms with Crippen LogP contribution in [0.1, 0.15) is 126 Å². The van der Waals surface area contributed by atoms with Gasteiger partial charge in [-0.2, -0.15) is 0 Å². The van der Waals surface area contributed by atoms with Crippen LogP contribution < -0.4 is 27.0 Å². The van der Waals surface area contributed by atoms with E-state index in [-0.39, 0.29) is 66.1 Å². The number of hydrogen-bond donors (Lipinski definition) is 5. The summed E-state index contributed by atoms with van der Waals surface area (Å²) in [5, 5.41) is 11.5. The Morgan fingerprint density at radius 1 is 0.810 bits per heavy atom. The van der Waals surface area contributed by atoms with Gasteiger partial charge in [0.2, 0.25) is 11.8 Å². The maximum atomic E-state index is 13.6. The molecule has 1 rings (SSSR count). The number of hydrogen-bond acceptors (Lipinski definition) is 9. The normalized spacial score (nSPS) is 11.3. The molecule has 0 bridgehead atoms. The SMILES string of the molecule is CC.CCC.CCCCC(=O)NCCOCCOCC(=O)NCC(=O)NCC(=O)Nc1ccc(C[As]C(C)C)c(CN(C)C(=O)C(C)(C)CCOC(C)(C)CCN)c1. The molecule has 0 heterocycles. The predicted octanol–water partition coefficient (Wildman–Crippen LogP) is 5.19. The van der Waals surface area contributed by atoms with E-state index < -0.39 is 23.1 Å². The number of benzene rings is 1. The van der Waals surface area contributed by atoms with Crippen LogP contribution in [0.2, 0.25) is 4.71 Å². The van der Waals surface area contributed by atoms with Crippen molar-refractivity contribution in [2.24, 2.45) is 11.1 Å². The molecule has 0 aliphatic heterocycles. The molecule has 0 spiro atoms. The third-order valence-electron chi connectivity index (χ3n) is 8.24. The Morgan fingerprint density at radius 2 is 1.43 bits per heavy atom. The van der Waals surface area contributed by atoms with Crippen LogP contribution in [-0.4, -0.2) is 122 Å². The van der Waals surface area contributed by atoms with Gasteiger partial charge in [-0.15, -0.1) is 0 Å². The Balaban J connectivity index is 0. The standard InChI is InChI=1S/C38H66AsN6O8.C3H8.C2H6/c1-9-10-11-32(46)41-17-19-51-20-21-52-27-35(49)43-24-33(47)42-25-34(48)44-31-13-12-29(23-39-28(2)3)30(22-31)26-45(8)36(50)37(4,5)15-18-53-38(6,7)14-16-40;1-3-2;1-2/h12-13,22,28H,9-11,14-21,23-27,40H2,1-8H3,(H,41,46)(H,42,47)(H,43,49)(H,44,48);3H2,1-2H3;1-2H3. The van der Waals surface area contributed by atoms with Crippen molar-refractivity contribution in [3.05, 3.63) is 29.3 Å². The number of nitrogens with zero attached hydrogens (tertiary/aromatic N) is 1. The fourth-order valence-electron chi connectivity index (χ4n) is 4.99. The van der Waals surface area contributed by atoms with Crippen LogP contribution in [0.25, 0.3) is 0 Å². The molecule has 0 fully saturated rings. The average Bonchev–Trinajstić information content (AvgIpc) is 3.16. The van der Waals surface area contributed by atoms with Gasteiger partial charge in [0.15, 0.2) is 0 Å². The summed E-state index contributed by atoms with van der Waals surface area (Å²) in [6, 6.07) is 5.73. The maximum absolute atomic E-state index is 13.6. The summed E-state index contributed by atoms with van der Waals surface area (Å²) in [4.78, 5) is 63.9. The number of rotatable bonds is 28. The van der Waals surface area contributed by atoms with E-state index in [1.54, 1.807) is 11.9 Å². The second-order valence-electron chi connectivity index (χ2n) is 15.3. The summed E-state index contributed by atoms with van der Waals surface area (Å²) in [6.45, 7) is 24.3. The molecule has 0 saturated carbocycles. The van der Waals surface area contributed by atoms with Gasteiger partial charge in [0, 0.05) is 13.0 Å². The van der Waals surface area contributed by atoms with Crippen LogP contribution in [0.4, 0.5) is 5.69 Å². The monoisotopic (exact) mass is 884 g/mol. The van der Waals surface area contributed by atoms with E-state index in [2.05, 4.69) is 49.0 Å². The third kappa shape index (κ3) is 29.2. The number of nitrogens with two attached hydrogens (primary N) is 1. The van der Waals surface area contributed by atoms with Gasteiger partial charge in [-0.3, -0.25) is 9.59 Å². The van der Waals surface area contributed by atoms with E-state index in [1.165, 1.54) is 6.42 Å². The molecule has 5 amide bonds. The first-order valence-corrected chi connectivity index (χ1v) is 23.5. The van der Waals surface area contributed by atoms with Gasteiger partial charge >= 0.3 is 217 Å². The van der Waals surface area contributed by atoms with Gasteiger partial charge in [-0.05, 0) is 13.0 Å². The minimum absolute atomic E-state index is 0.000796. The Kier molecular flexibility index (Phi) is 33.2. The van der Waals surface area contributed by atoms with Crippen LogP contribution in [0.15, 0.2) is 18.2 Å². The number of carbonyl (C=O) groups is 5. The molecule has 15 heteroatoms. The van der Waals surface area contributed by atoms with Crippen LogP contribution in [0.5, 0.6) is 0 Å². The van der Waals surface area contributed by atoms with Crippen molar-refractivity contribution in [1.82, 2.24) is 20.9 Å². The molecule has 1 aromatic carbocycles. The molecule has 0 saturated heterocycles. The molecular formula is C43H80AsN6O8. The van der Waals surface area contributed by atoms with Crippen molar-refractivity contribution in [3.63, 3.8) is 0 Å². The van der Waals surface area contributed by atoms with Gasteiger partial charge in [0.05, 0.1) is 19.8 Å². The van der Waals surface area contributed by atoms with Gasteiger partial charge < -0.3 is 20.5 Å². The number of amides is 5.